The van der Waals surface area contributed by atoms with Gasteiger partial charge in [0.15, 0.2) is 0 Å². The second kappa shape index (κ2) is 6.37. The van der Waals surface area contributed by atoms with Crippen LogP contribution in [0.1, 0.15) is 11.1 Å². The number of aliphatic hydroxyl groups is 1. The summed E-state index contributed by atoms with van der Waals surface area (Å²) in [5.41, 5.74) is 1.25. The molecule has 2 rings (SSSR count). The van der Waals surface area contributed by atoms with Crippen molar-refractivity contribution in [2.75, 3.05) is 0 Å². The Labute approximate surface area is 123 Å². The first kappa shape index (κ1) is 15.0. The van der Waals surface area contributed by atoms with E-state index in [1.165, 1.54) is 12.1 Å². The van der Waals surface area contributed by atoms with E-state index in [9.17, 15) is 8.42 Å². The first-order valence-corrected chi connectivity index (χ1v) is 7.82. The van der Waals surface area contributed by atoms with Crippen LogP contribution in [0.3, 0.4) is 0 Å². The summed E-state index contributed by atoms with van der Waals surface area (Å²) >= 11 is 5.98. The van der Waals surface area contributed by atoms with Crippen molar-refractivity contribution >= 4 is 21.6 Å². The van der Waals surface area contributed by atoms with Gasteiger partial charge in [0, 0.05) is 11.6 Å². The molecule has 20 heavy (non-hydrogen) atoms. The smallest absolute Gasteiger partial charge is 0.240 e. The van der Waals surface area contributed by atoms with Crippen molar-refractivity contribution < 1.29 is 13.5 Å². The van der Waals surface area contributed by atoms with Crippen LogP contribution in [0.15, 0.2) is 53.4 Å². The molecule has 0 spiro atoms. The molecule has 0 aliphatic rings. The quantitative estimate of drug-likeness (QED) is 0.890. The van der Waals surface area contributed by atoms with Crippen molar-refractivity contribution in [3.63, 3.8) is 0 Å². The van der Waals surface area contributed by atoms with Crippen LogP contribution in [0.4, 0.5) is 0 Å². The van der Waals surface area contributed by atoms with Crippen LogP contribution in [-0.4, -0.2) is 13.5 Å². The Bertz CT molecular complexity index is 701. The Kier molecular flexibility index (Phi) is 4.77. The number of nitrogens with one attached hydrogen (secondary N) is 1. The van der Waals surface area contributed by atoms with Gasteiger partial charge in [0.25, 0.3) is 0 Å². The van der Waals surface area contributed by atoms with E-state index in [2.05, 4.69) is 4.72 Å². The molecule has 2 aromatic carbocycles. The van der Waals surface area contributed by atoms with E-state index < -0.39 is 10.0 Å². The average Bonchev–Trinajstić information content (AvgIpc) is 2.46. The molecule has 0 aliphatic heterocycles. The Morgan fingerprint density at radius 1 is 1.10 bits per heavy atom. The number of benzene rings is 2. The normalized spacial score (nSPS) is 11.5. The van der Waals surface area contributed by atoms with Gasteiger partial charge in [-0.3, -0.25) is 0 Å². The van der Waals surface area contributed by atoms with E-state index in [1.54, 1.807) is 36.4 Å². The zero-order chi connectivity index (χ0) is 14.6. The lowest BCUT2D eigenvalue weighted by atomic mass is 10.2. The molecule has 0 saturated carbocycles. The summed E-state index contributed by atoms with van der Waals surface area (Å²) in [6.45, 7) is -0.0841. The molecule has 0 fully saturated rings. The largest absolute Gasteiger partial charge is 0.392 e. The van der Waals surface area contributed by atoms with Crippen LogP contribution >= 0.6 is 11.6 Å². The minimum atomic E-state index is -3.63. The van der Waals surface area contributed by atoms with Gasteiger partial charge in [-0.1, -0.05) is 41.9 Å². The molecule has 0 saturated heterocycles. The van der Waals surface area contributed by atoms with Gasteiger partial charge in [-0.2, -0.15) is 0 Å². The first-order valence-electron chi connectivity index (χ1n) is 5.96. The van der Waals surface area contributed by atoms with Gasteiger partial charge in [0.2, 0.25) is 10.0 Å². The summed E-state index contributed by atoms with van der Waals surface area (Å²) in [7, 11) is -3.63. The van der Waals surface area contributed by atoms with Gasteiger partial charge in [-0.05, 0) is 29.3 Å². The molecule has 0 atom stereocenters. The molecule has 0 radical (unpaired) electrons. The Morgan fingerprint density at radius 2 is 1.85 bits per heavy atom. The fourth-order valence-electron chi connectivity index (χ4n) is 1.71. The third-order valence-electron chi connectivity index (χ3n) is 2.80. The Balaban J connectivity index is 2.17. The number of aliphatic hydroxyl groups excluding tert-OH is 1. The van der Waals surface area contributed by atoms with Crippen molar-refractivity contribution in [3.8, 4) is 0 Å². The fraction of sp³-hybridized carbons (Fsp3) is 0.143. The summed E-state index contributed by atoms with van der Waals surface area (Å²) in [5.74, 6) is 0. The van der Waals surface area contributed by atoms with Crippen LogP contribution in [0.25, 0.3) is 0 Å². The topological polar surface area (TPSA) is 66.4 Å². The van der Waals surface area contributed by atoms with Crippen molar-refractivity contribution in [2.45, 2.75) is 18.0 Å². The van der Waals surface area contributed by atoms with E-state index in [0.717, 1.165) is 0 Å². The van der Waals surface area contributed by atoms with Gasteiger partial charge in [-0.25, -0.2) is 13.1 Å². The van der Waals surface area contributed by atoms with Crippen molar-refractivity contribution in [3.05, 3.63) is 64.7 Å². The lowest BCUT2D eigenvalue weighted by molar-refractivity contribution is 0.281. The van der Waals surface area contributed by atoms with Crippen LogP contribution in [0, 0.1) is 0 Å². The summed E-state index contributed by atoms with van der Waals surface area (Å²) < 4.78 is 26.8. The highest BCUT2D eigenvalue weighted by Crippen LogP contribution is 2.16. The molecule has 0 aliphatic carbocycles. The predicted molar refractivity (Wildman–Crippen MR) is 77.8 cm³/mol. The molecular formula is C14H14ClNO3S. The van der Waals surface area contributed by atoms with Crippen LogP contribution in [-0.2, 0) is 23.2 Å². The molecule has 0 unspecified atom stereocenters. The molecular weight excluding hydrogens is 298 g/mol. The molecule has 4 nitrogen and oxygen atoms in total. The molecule has 0 amide bonds. The third-order valence-corrected chi connectivity index (χ3v) is 4.57. The fourth-order valence-corrected chi connectivity index (χ4v) is 2.99. The van der Waals surface area contributed by atoms with Crippen molar-refractivity contribution in [1.29, 1.82) is 0 Å². The maximum atomic E-state index is 12.1. The van der Waals surface area contributed by atoms with Gasteiger partial charge in [0.05, 0.1) is 11.5 Å². The number of sulfonamides is 1. The van der Waals surface area contributed by atoms with Crippen LogP contribution in [0.5, 0.6) is 0 Å². The minimum absolute atomic E-state index is 0.116. The molecule has 6 heteroatoms. The van der Waals surface area contributed by atoms with E-state index in [-0.39, 0.29) is 18.0 Å². The van der Waals surface area contributed by atoms with Crippen LogP contribution in [0.2, 0.25) is 5.02 Å². The Morgan fingerprint density at radius 3 is 2.55 bits per heavy atom. The van der Waals surface area contributed by atoms with E-state index in [0.29, 0.717) is 16.1 Å². The SMILES string of the molecule is O=S(=O)(NCc1ccccc1Cl)c1cccc(CO)c1. The lowest BCUT2D eigenvalue weighted by Gasteiger charge is -2.09. The van der Waals surface area contributed by atoms with Gasteiger partial charge < -0.3 is 5.11 Å². The highest BCUT2D eigenvalue weighted by molar-refractivity contribution is 7.89. The van der Waals surface area contributed by atoms with E-state index in [1.807, 2.05) is 0 Å². The standard InChI is InChI=1S/C14H14ClNO3S/c15-14-7-2-1-5-12(14)9-16-20(18,19)13-6-3-4-11(8-13)10-17/h1-8,16-17H,9-10H2. The maximum absolute atomic E-state index is 12.1. The zero-order valence-corrected chi connectivity index (χ0v) is 12.2. The second-order valence-corrected chi connectivity index (χ2v) is 6.40. The van der Waals surface area contributed by atoms with Gasteiger partial charge >= 0.3 is 0 Å². The first-order chi connectivity index (χ1) is 9.53. The molecule has 2 N–H and O–H groups in total. The maximum Gasteiger partial charge on any atom is 0.240 e. The second-order valence-electron chi connectivity index (χ2n) is 4.22. The Hall–Kier alpha value is -1.40. The van der Waals surface area contributed by atoms with Crippen molar-refractivity contribution in [1.82, 2.24) is 4.72 Å². The predicted octanol–water partition coefficient (Wildman–Crippen LogP) is 2.31. The number of hydrogen-bond acceptors (Lipinski definition) is 3. The number of hydrogen-bond donors (Lipinski definition) is 2. The zero-order valence-electron chi connectivity index (χ0n) is 10.6. The summed E-state index contributed by atoms with van der Waals surface area (Å²) in [4.78, 5) is 0.121. The van der Waals surface area contributed by atoms with Crippen LogP contribution < -0.4 is 4.72 Å². The molecule has 2 aromatic rings. The summed E-state index contributed by atoms with van der Waals surface area (Å²) in [5, 5.41) is 9.55. The number of rotatable bonds is 5. The molecule has 106 valence electrons. The summed E-state index contributed by atoms with van der Waals surface area (Å²) in [6, 6.07) is 13.2. The highest BCUT2D eigenvalue weighted by atomic mass is 35.5. The molecule has 0 heterocycles. The number of halogens is 1. The van der Waals surface area contributed by atoms with E-state index in [4.69, 9.17) is 16.7 Å². The highest BCUT2D eigenvalue weighted by Gasteiger charge is 2.14. The molecule has 0 aromatic heterocycles. The van der Waals surface area contributed by atoms with E-state index >= 15 is 0 Å². The van der Waals surface area contributed by atoms with Crippen molar-refractivity contribution in [2.24, 2.45) is 0 Å². The summed E-state index contributed by atoms with van der Waals surface area (Å²) in [6.07, 6.45) is 0. The minimum Gasteiger partial charge on any atom is -0.392 e. The van der Waals surface area contributed by atoms with Gasteiger partial charge in [-0.15, -0.1) is 0 Å². The van der Waals surface area contributed by atoms with Gasteiger partial charge in [0.1, 0.15) is 0 Å². The average molecular weight is 312 g/mol. The third kappa shape index (κ3) is 3.58. The lowest BCUT2D eigenvalue weighted by Crippen LogP contribution is -2.23. The molecule has 0 bridgehead atoms. The monoisotopic (exact) mass is 311 g/mol.